The van der Waals surface area contributed by atoms with E-state index in [4.69, 9.17) is 5.73 Å². The largest absolute Gasteiger partial charge is 0.366 e. The van der Waals surface area contributed by atoms with Gasteiger partial charge in [0.1, 0.15) is 0 Å². The molecule has 3 N–H and O–H groups in total. The molecular weight excluding hydrogens is 312 g/mol. The molecule has 0 aliphatic heterocycles. The fraction of sp³-hybridized carbons (Fsp3) is 0.588. The molecule has 0 radical (unpaired) electrons. The third-order valence-electron chi connectivity index (χ3n) is 5.31. The lowest BCUT2D eigenvalue weighted by atomic mass is 9.70. The molecule has 2 fully saturated rings. The van der Waals surface area contributed by atoms with Crippen molar-refractivity contribution in [1.29, 1.82) is 0 Å². The summed E-state index contributed by atoms with van der Waals surface area (Å²) in [5.41, 5.74) is 5.49. The second kappa shape index (κ2) is 6.61. The molecule has 126 valence electrons. The van der Waals surface area contributed by atoms with Crippen LogP contribution in [0.4, 0.5) is 0 Å². The van der Waals surface area contributed by atoms with Crippen LogP contribution in [0, 0.1) is 11.8 Å². The summed E-state index contributed by atoms with van der Waals surface area (Å²) in [7, 11) is -3.54. The van der Waals surface area contributed by atoms with Gasteiger partial charge in [0.05, 0.1) is 4.90 Å². The maximum Gasteiger partial charge on any atom is 0.248 e. The van der Waals surface area contributed by atoms with Gasteiger partial charge in [-0.2, -0.15) is 0 Å². The van der Waals surface area contributed by atoms with E-state index in [1.54, 1.807) is 0 Å². The number of primary amides is 1. The average Bonchev–Trinajstić information content (AvgIpc) is 2.54. The van der Waals surface area contributed by atoms with E-state index < -0.39 is 15.9 Å². The Kier molecular flexibility index (Phi) is 4.73. The molecule has 3 atom stereocenters. The third-order valence-corrected chi connectivity index (χ3v) is 6.85. The van der Waals surface area contributed by atoms with Gasteiger partial charge in [-0.25, -0.2) is 13.1 Å². The summed E-state index contributed by atoms with van der Waals surface area (Å²) in [6, 6.07) is 5.81. The van der Waals surface area contributed by atoms with E-state index in [0.717, 1.165) is 25.2 Å². The molecule has 2 saturated carbocycles. The van der Waals surface area contributed by atoms with Gasteiger partial charge in [-0.1, -0.05) is 25.7 Å². The van der Waals surface area contributed by atoms with Gasteiger partial charge in [-0.3, -0.25) is 4.79 Å². The van der Waals surface area contributed by atoms with E-state index in [0.29, 0.717) is 11.5 Å². The minimum absolute atomic E-state index is 0.0233. The van der Waals surface area contributed by atoms with Crippen molar-refractivity contribution in [1.82, 2.24) is 4.72 Å². The Balaban J connectivity index is 1.67. The van der Waals surface area contributed by atoms with Gasteiger partial charge in [0, 0.05) is 11.6 Å². The number of amides is 1. The Morgan fingerprint density at radius 2 is 1.65 bits per heavy atom. The number of nitrogens with one attached hydrogen (secondary N) is 1. The van der Waals surface area contributed by atoms with Gasteiger partial charge in [-0.05, 0) is 55.4 Å². The predicted octanol–water partition coefficient (Wildman–Crippen LogP) is 2.42. The SMILES string of the molecule is NC(=O)c1ccc(S(=O)(=O)N[C@@H]2CC[C@H]3CCCC[C@H]3C2)cc1. The minimum atomic E-state index is -3.54. The van der Waals surface area contributed by atoms with E-state index >= 15 is 0 Å². The molecule has 3 rings (SSSR count). The molecule has 0 spiro atoms. The topological polar surface area (TPSA) is 89.3 Å². The summed E-state index contributed by atoms with van der Waals surface area (Å²) < 4.78 is 27.9. The number of fused-ring (bicyclic) bond motifs is 1. The molecule has 0 unspecified atom stereocenters. The zero-order chi connectivity index (χ0) is 16.4. The molecule has 0 heterocycles. The van der Waals surface area contributed by atoms with Crippen LogP contribution in [0.1, 0.15) is 55.3 Å². The first-order valence-corrected chi connectivity index (χ1v) is 9.86. The molecule has 5 nitrogen and oxygen atoms in total. The summed E-state index contributed by atoms with van der Waals surface area (Å²) in [4.78, 5) is 11.3. The summed E-state index contributed by atoms with van der Waals surface area (Å²) >= 11 is 0. The highest BCUT2D eigenvalue weighted by Gasteiger charge is 2.33. The van der Waals surface area contributed by atoms with E-state index in [1.165, 1.54) is 49.9 Å². The first-order chi connectivity index (χ1) is 11.0. The van der Waals surface area contributed by atoms with Crippen molar-refractivity contribution in [3.8, 4) is 0 Å². The lowest BCUT2D eigenvalue weighted by molar-refractivity contribution is 0.1000. The zero-order valence-electron chi connectivity index (χ0n) is 13.2. The summed E-state index contributed by atoms with van der Waals surface area (Å²) in [6.45, 7) is 0. The standard InChI is InChI=1S/C17H24N2O3S/c18-17(20)13-6-9-16(10-7-13)23(21,22)19-15-8-5-12-3-1-2-4-14(12)11-15/h6-7,9-10,12,14-15,19H,1-5,8,11H2,(H2,18,20)/t12-,14+,15-/m1/s1. The Labute approximate surface area is 137 Å². The molecule has 2 aliphatic rings. The number of nitrogens with two attached hydrogens (primary N) is 1. The summed E-state index contributed by atoms with van der Waals surface area (Å²) in [5.74, 6) is 0.902. The molecule has 1 amide bonds. The Bertz CT molecular complexity index is 670. The lowest BCUT2D eigenvalue weighted by Gasteiger charge is -2.39. The van der Waals surface area contributed by atoms with Crippen LogP contribution in [0.15, 0.2) is 29.2 Å². The maximum absolute atomic E-state index is 12.5. The number of rotatable bonds is 4. The smallest absolute Gasteiger partial charge is 0.248 e. The Hall–Kier alpha value is -1.40. The van der Waals surface area contributed by atoms with Crippen LogP contribution in [0.25, 0.3) is 0 Å². The number of sulfonamides is 1. The van der Waals surface area contributed by atoms with E-state index in [-0.39, 0.29) is 10.9 Å². The quantitative estimate of drug-likeness (QED) is 0.885. The number of carbonyl (C=O) groups is 1. The second-order valence-corrected chi connectivity index (χ2v) is 8.54. The fourth-order valence-corrected chi connectivity index (χ4v) is 5.35. The highest BCUT2D eigenvalue weighted by atomic mass is 32.2. The van der Waals surface area contributed by atoms with Crippen molar-refractivity contribution < 1.29 is 13.2 Å². The fourth-order valence-electron chi connectivity index (χ4n) is 4.07. The van der Waals surface area contributed by atoms with Crippen molar-refractivity contribution in [2.75, 3.05) is 0 Å². The Morgan fingerprint density at radius 1 is 1.00 bits per heavy atom. The van der Waals surface area contributed by atoms with Crippen LogP contribution < -0.4 is 10.5 Å². The molecule has 23 heavy (non-hydrogen) atoms. The van der Waals surface area contributed by atoms with Gasteiger partial charge in [0.25, 0.3) is 0 Å². The van der Waals surface area contributed by atoms with Crippen LogP contribution >= 0.6 is 0 Å². The van der Waals surface area contributed by atoms with Crippen molar-refractivity contribution in [3.63, 3.8) is 0 Å². The number of benzene rings is 1. The Morgan fingerprint density at radius 3 is 2.30 bits per heavy atom. The van der Waals surface area contributed by atoms with Crippen LogP contribution in [0.3, 0.4) is 0 Å². The highest BCUT2D eigenvalue weighted by Crippen LogP contribution is 2.40. The number of hydrogen-bond acceptors (Lipinski definition) is 3. The van der Waals surface area contributed by atoms with Gasteiger partial charge < -0.3 is 5.73 Å². The van der Waals surface area contributed by atoms with Gasteiger partial charge in [0.15, 0.2) is 0 Å². The molecule has 0 aromatic heterocycles. The van der Waals surface area contributed by atoms with E-state index in [1.807, 2.05) is 0 Å². The molecular formula is C17H24N2O3S. The second-order valence-electron chi connectivity index (χ2n) is 6.82. The maximum atomic E-state index is 12.5. The number of hydrogen-bond donors (Lipinski definition) is 2. The minimum Gasteiger partial charge on any atom is -0.366 e. The predicted molar refractivity (Wildman–Crippen MR) is 88.4 cm³/mol. The average molecular weight is 336 g/mol. The van der Waals surface area contributed by atoms with Crippen molar-refractivity contribution in [2.24, 2.45) is 17.6 Å². The molecule has 6 heteroatoms. The molecule has 1 aromatic carbocycles. The molecule has 2 aliphatic carbocycles. The lowest BCUT2D eigenvalue weighted by Crippen LogP contribution is -2.41. The third kappa shape index (κ3) is 3.75. The first-order valence-electron chi connectivity index (χ1n) is 8.38. The van der Waals surface area contributed by atoms with Crippen LogP contribution in [-0.2, 0) is 10.0 Å². The monoisotopic (exact) mass is 336 g/mol. The van der Waals surface area contributed by atoms with Crippen molar-refractivity contribution in [2.45, 2.75) is 55.9 Å². The number of carbonyl (C=O) groups excluding carboxylic acids is 1. The molecule has 1 aromatic rings. The normalized spacial score (nSPS) is 28.1. The summed E-state index contributed by atoms with van der Waals surface area (Å²) in [5, 5.41) is 0. The van der Waals surface area contributed by atoms with Gasteiger partial charge in [-0.15, -0.1) is 0 Å². The van der Waals surface area contributed by atoms with Crippen LogP contribution in [0.2, 0.25) is 0 Å². The van der Waals surface area contributed by atoms with Crippen molar-refractivity contribution >= 4 is 15.9 Å². The molecule has 0 bridgehead atoms. The van der Waals surface area contributed by atoms with E-state index in [9.17, 15) is 13.2 Å². The first kappa shape index (κ1) is 16.5. The zero-order valence-corrected chi connectivity index (χ0v) is 14.0. The van der Waals surface area contributed by atoms with Crippen LogP contribution in [0.5, 0.6) is 0 Å². The molecule has 0 saturated heterocycles. The highest BCUT2D eigenvalue weighted by molar-refractivity contribution is 7.89. The van der Waals surface area contributed by atoms with Crippen molar-refractivity contribution in [3.05, 3.63) is 29.8 Å². The van der Waals surface area contributed by atoms with E-state index in [2.05, 4.69) is 4.72 Å². The van der Waals surface area contributed by atoms with Gasteiger partial charge in [0.2, 0.25) is 15.9 Å². The summed E-state index contributed by atoms with van der Waals surface area (Å²) in [6.07, 6.45) is 8.12. The van der Waals surface area contributed by atoms with Crippen LogP contribution in [-0.4, -0.2) is 20.4 Å². The van der Waals surface area contributed by atoms with Gasteiger partial charge >= 0.3 is 0 Å².